The van der Waals surface area contributed by atoms with E-state index in [1.807, 2.05) is 11.8 Å². The van der Waals surface area contributed by atoms with Crippen LogP contribution in [0.5, 0.6) is 11.5 Å². The molecule has 0 atom stereocenters. The lowest BCUT2D eigenvalue weighted by Crippen LogP contribution is -2.23. The van der Waals surface area contributed by atoms with Gasteiger partial charge in [-0.15, -0.1) is 0 Å². The normalized spacial score (nSPS) is 17.0. The maximum Gasteiger partial charge on any atom is 0.251 e. The van der Waals surface area contributed by atoms with Crippen LogP contribution in [0.25, 0.3) is 0 Å². The van der Waals surface area contributed by atoms with Crippen molar-refractivity contribution in [2.24, 2.45) is 0 Å². The van der Waals surface area contributed by atoms with E-state index in [0.29, 0.717) is 28.9 Å². The highest BCUT2D eigenvalue weighted by atomic mass is 32.2. The topological polar surface area (TPSA) is 86.5 Å². The van der Waals surface area contributed by atoms with Crippen molar-refractivity contribution >= 4 is 17.7 Å². The van der Waals surface area contributed by atoms with Crippen LogP contribution >= 0.6 is 11.8 Å². The number of nitrogens with one attached hydrogen (secondary N) is 1. The fourth-order valence-electron chi connectivity index (χ4n) is 2.76. The summed E-state index contributed by atoms with van der Waals surface area (Å²) < 4.78 is 15.8. The molecule has 0 spiro atoms. The summed E-state index contributed by atoms with van der Waals surface area (Å²) in [5.74, 6) is 4.83. The second-order valence-electron chi connectivity index (χ2n) is 5.68. The molecule has 3 heterocycles. The van der Waals surface area contributed by atoms with Gasteiger partial charge in [-0.05, 0) is 42.5 Å². The molecule has 1 amide bonds. The van der Waals surface area contributed by atoms with Crippen molar-refractivity contribution in [3.8, 4) is 11.5 Å². The molecule has 0 unspecified atom stereocenters. The van der Waals surface area contributed by atoms with Crippen molar-refractivity contribution in [1.82, 2.24) is 15.5 Å². The minimum Gasteiger partial charge on any atom is -0.454 e. The highest BCUT2D eigenvalue weighted by Crippen LogP contribution is 2.32. The molecule has 1 saturated heterocycles. The lowest BCUT2D eigenvalue weighted by Gasteiger charge is -2.17. The van der Waals surface area contributed by atoms with Crippen LogP contribution in [0.2, 0.25) is 0 Å². The van der Waals surface area contributed by atoms with E-state index in [1.54, 1.807) is 18.2 Å². The lowest BCUT2D eigenvalue weighted by molar-refractivity contribution is 0.0946. The van der Waals surface area contributed by atoms with Crippen LogP contribution in [0.4, 0.5) is 0 Å². The van der Waals surface area contributed by atoms with Gasteiger partial charge in [-0.2, -0.15) is 16.7 Å². The lowest BCUT2D eigenvalue weighted by atomic mass is 10.0. The average molecular weight is 347 g/mol. The molecule has 0 saturated carbocycles. The summed E-state index contributed by atoms with van der Waals surface area (Å²) in [7, 11) is 0. The summed E-state index contributed by atoms with van der Waals surface area (Å²) in [5.41, 5.74) is 0.503. The van der Waals surface area contributed by atoms with Crippen LogP contribution in [-0.4, -0.2) is 34.3 Å². The van der Waals surface area contributed by atoms with E-state index < -0.39 is 0 Å². The first kappa shape index (κ1) is 15.3. The highest BCUT2D eigenvalue weighted by molar-refractivity contribution is 7.99. The molecular formula is C16H17N3O4S. The van der Waals surface area contributed by atoms with Gasteiger partial charge in [0, 0.05) is 11.5 Å². The molecule has 1 fully saturated rings. The first-order valence-electron chi connectivity index (χ1n) is 7.87. The third-order valence-corrected chi connectivity index (χ3v) is 5.15. The van der Waals surface area contributed by atoms with Crippen LogP contribution in [-0.2, 0) is 6.54 Å². The van der Waals surface area contributed by atoms with Gasteiger partial charge in [0.25, 0.3) is 5.91 Å². The number of hydrogen-bond donors (Lipinski definition) is 1. The average Bonchev–Trinajstić information content (AvgIpc) is 3.29. The van der Waals surface area contributed by atoms with E-state index in [-0.39, 0.29) is 19.2 Å². The van der Waals surface area contributed by atoms with Crippen LogP contribution in [0.15, 0.2) is 22.7 Å². The Morgan fingerprint density at radius 2 is 2.08 bits per heavy atom. The maximum absolute atomic E-state index is 12.2. The molecular weight excluding hydrogens is 330 g/mol. The Bertz CT molecular complexity index is 743. The number of hydrogen-bond acceptors (Lipinski definition) is 7. The Balaban J connectivity index is 1.36. The number of thioether (sulfide) groups is 1. The maximum atomic E-state index is 12.2. The van der Waals surface area contributed by atoms with Crippen molar-refractivity contribution in [2.75, 3.05) is 18.3 Å². The summed E-state index contributed by atoms with van der Waals surface area (Å²) >= 11 is 1.96. The Labute approximate surface area is 143 Å². The number of carbonyl (C=O) groups is 1. The minimum atomic E-state index is -0.220. The van der Waals surface area contributed by atoms with Gasteiger partial charge in [-0.25, -0.2) is 0 Å². The van der Waals surface area contributed by atoms with Gasteiger partial charge in [-0.1, -0.05) is 5.16 Å². The molecule has 2 aromatic rings. The van der Waals surface area contributed by atoms with Crippen LogP contribution < -0.4 is 14.8 Å². The van der Waals surface area contributed by atoms with E-state index in [2.05, 4.69) is 15.5 Å². The monoisotopic (exact) mass is 347 g/mol. The van der Waals surface area contributed by atoms with Crippen LogP contribution in [0.3, 0.4) is 0 Å². The van der Waals surface area contributed by atoms with Gasteiger partial charge in [0.2, 0.25) is 12.7 Å². The molecule has 0 aliphatic carbocycles. The summed E-state index contributed by atoms with van der Waals surface area (Å²) in [5, 5.41) is 6.84. The second kappa shape index (κ2) is 6.72. The van der Waals surface area contributed by atoms with Gasteiger partial charge >= 0.3 is 0 Å². The molecule has 0 radical (unpaired) electrons. The number of ether oxygens (including phenoxy) is 2. The molecule has 1 N–H and O–H groups in total. The molecule has 1 aromatic heterocycles. The quantitative estimate of drug-likeness (QED) is 0.908. The molecule has 4 rings (SSSR count). The minimum absolute atomic E-state index is 0.185. The number of fused-ring (bicyclic) bond motifs is 1. The smallest absolute Gasteiger partial charge is 0.251 e. The van der Waals surface area contributed by atoms with Crippen LogP contribution in [0, 0.1) is 0 Å². The summed E-state index contributed by atoms with van der Waals surface area (Å²) in [6.07, 6.45) is 2.15. The van der Waals surface area contributed by atoms with Gasteiger partial charge in [-0.3, -0.25) is 4.79 Å². The van der Waals surface area contributed by atoms with Gasteiger partial charge in [0.15, 0.2) is 17.3 Å². The Hall–Kier alpha value is -2.22. The number of aromatic nitrogens is 2. The van der Waals surface area contributed by atoms with E-state index >= 15 is 0 Å². The van der Waals surface area contributed by atoms with E-state index in [1.165, 1.54) is 0 Å². The first-order valence-corrected chi connectivity index (χ1v) is 9.03. The zero-order chi connectivity index (χ0) is 16.4. The van der Waals surface area contributed by atoms with Crippen molar-refractivity contribution < 1.29 is 18.8 Å². The Kier molecular flexibility index (Phi) is 4.29. The Morgan fingerprint density at radius 1 is 1.25 bits per heavy atom. The van der Waals surface area contributed by atoms with Crippen molar-refractivity contribution in [1.29, 1.82) is 0 Å². The molecule has 2 aliphatic heterocycles. The number of carbonyl (C=O) groups excluding carboxylic acids is 1. The zero-order valence-electron chi connectivity index (χ0n) is 13.0. The molecule has 2 aliphatic rings. The first-order chi connectivity index (χ1) is 11.8. The number of rotatable bonds is 4. The third kappa shape index (κ3) is 3.19. The largest absolute Gasteiger partial charge is 0.454 e. The van der Waals surface area contributed by atoms with E-state index in [9.17, 15) is 4.79 Å². The van der Waals surface area contributed by atoms with Gasteiger partial charge in [0.05, 0.1) is 6.54 Å². The van der Waals surface area contributed by atoms with Crippen molar-refractivity contribution in [3.63, 3.8) is 0 Å². The van der Waals surface area contributed by atoms with Crippen molar-refractivity contribution in [3.05, 3.63) is 35.5 Å². The third-order valence-electron chi connectivity index (χ3n) is 4.11. The molecule has 8 heteroatoms. The summed E-state index contributed by atoms with van der Waals surface area (Å²) in [4.78, 5) is 16.6. The van der Waals surface area contributed by atoms with Gasteiger partial charge < -0.3 is 19.3 Å². The molecule has 7 nitrogen and oxygen atoms in total. The number of nitrogens with zero attached hydrogens (tertiary/aromatic N) is 2. The molecule has 1 aromatic carbocycles. The fraction of sp³-hybridized carbons (Fsp3) is 0.438. The second-order valence-corrected chi connectivity index (χ2v) is 6.91. The SMILES string of the molecule is O=C(NCc1nc(C2CCSCC2)no1)c1ccc2c(c1)OCO2. The highest BCUT2D eigenvalue weighted by Gasteiger charge is 2.21. The van der Waals surface area contributed by atoms with E-state index in [0.717, 1.165) is 30.2 Å². The van der Waals surface area contributed by atoms with Crippen LogP contribution in [0.1, 0.15) is 40.8 Å². The summed E-state index contributed by atoms with van der Waals surface area (Å²) in [6.45, 7) is 0.395. The molecule has 126 valence electrons. The van der Waals surface area contributed by atoms with E-state index in [4.69, 9.17) is 14.0 Å². The number of amides is 1. The zero-order valence-corrected chi connectivity index (χ0v) is 13.8. The predicted octanol–water partition coefficient (Wildman–Crippen LogP) is 2.34. The van der Waals surface area contributed by atoms with Gasteiger partial charge in [0.1, 0.15) is 0 Å². The van der Waals surface area contributed by atoms with Crippen molar-refractivity contribution in [2.45, 2.75) is 25.3 Å². The molecule has 24 heavy (non-hydrogen) atoms. The number of benzene rings is 1. The summed E-state index contributed by atoms with van der Waals surface area (Å²) in [6, 6.07) is 5.08. The predicted molar refractivity (Wildman–Crippen MR) is 87.3 cm³/mol. The molecule has 0 bridgehead atoms. The Morgan fingerprint density at radius 3 is 2.96 bits per heavy atom. The fourth-order valence-corrected chi connectivity index (χ4v) is 3.86. The standard InChI is InChI=1S/C16H17N3O4S/c20-16(11-1-2-12-13(7-11)22-9-21-12)17-8-14-18-15(19-23-14)10-3-5-24-6-4-10/h1-2,7,10H,3-6,8-9H2,(H,17,20).